The Morgan fingerprint density at radius 2 is 1.95 bits per heavy atom. The third kappa shape index (κ3) is 3.14. The molecule has 0 aromatic heterocycles. The molecule has 0 spiro atoms. The molecular weight excluding hydrogens is 260 g/mol. The van der Waals surface area contributed by atoms with Crippen LogP contribution in [0.2, 0.25) is 0 Å². The Morgan fingerprint density at radius 1 is 1.37 bits per heavy atom. The quantitative estimate of drug-likeness (QED) is 0.846. The van der Waals surface area contributed by atoms with E-state index in [9.17, 15) is 8.42 Å². The van der Waals surface area contributed by atoms with E-state index < -0.39 is 14.6 Å². The summed E-state index contributed by atoms with van der Waals surface area (Å²) in [7, 11) is -3.03. The van der Waals surface area contributed by atoms with Gasteiger partial charge in [-0.15, -0.1) is 0 Å². The largest absolute Gasteiger partial charge is 0.308 e. The molecule has 1 saturated carbocycles. The zero-order chi connectivity index (χ0) is 14.5. The van der Waals surface area contributed by atoms with E-state index in [1.54, 1.807) is 0 Å². The number of nitrogens with zero attached hydrogens (tertiary/aromatic N) is 1. The van der Waals surface area contributed by atoms with E-state index in [1.165, 1.54) is 19.1 Å². The van der Waals surface area contributed by atoms with Gasteiger partial charge in [0.15, 0.2) is 9.84 Å². The number of hydrogen-bond donors (Lipinski definition) is 1. The fourth-order valence-corrected chi connectivity index (χ4v) is 3.36. The maximum Gasteiger partial charge on any atom is 0.153 e. The smallest absolute Gasteiger partial charge is 0.153 e. The highest BCUT2D eigenvalue weighted by Crippen LogP contribution is 2.41. The predicted octanol–water partition coefficient (Wildman–Crippen LogP) is 1.27. The molecule has 112 valence electrons. The van der Waals surface area contributed by atoms with Crippen LogP contribution in [0, 0.1) is 5.92 Å². The number of nitrogens with one attached hydrogen (secondary N) is 1. The molecule has 0 aromatic rings. The van der Waals surface area contributed by atoms with Gasteiger partial charge in [0.05, 0.1) is 4.75 Å². The monoisotopic (exact) mass is 288 g/mol. The molecule has 0 bridgehead atoms. The second-order valence-electron chi connectivity index (χ2n) is 7.36. The normalized spacial score (nSPS) is 34.5. The van der Waals surface area contributed by atoms with Crippen molar-refractivity contribution >= 4 is 9.84 Å². The molecule has 1 saturated heterocycles. The summed E-state index contributed by atoms with van der Waals surface area (Å²) in [4.78, 5) is 2.36. The van der Waals surface area contributed by atoms with Gasteiger partial charge in [-0.25, -0.2) is 8.42 Å². The minimum absolute atomic E-state index is 0.167. The summed E-state index contributed by atoms with van der Waals surface area (Å²) in [6.45, 7) is 10.7. The molecule has 0 aromatic carbocycles. The van der Waals surface area contributed by atoms with Crippen molar-refractivity contribution < 1.29 is 8.42 Å². The van der Waals surface area contributed by atoms with Crippen LogP contribution in [0.1, 0.15) is 40.5 Å². The van der Waals surface area contributed by atoms with Gasteiger partial charge >= 0.3 is 0 Å². The fourth-order valence-electron chi connectivity index (χ4n) is 2.96. The first-order chi connectivity index (χ1) is 8.55. The van der Waals surface area contributed by atoms with E-state index in [0.717, 1.165) is 19.0 Å². The van der Waals surface area contributed by atoms with E-state index in [0.29, 0.717) is 12.6 Å². The Labute approximate surface area is 117 Å². The Balaban J connectivity index is 2.10. The van der Waals surface area contributed by atoms with Gasteiger partial charge in [-0.1, -0.05) is 0 Å². The average Bonchev–Trinajstić information content (AvgIpc) is 3.05. The average molecular weight is 288 g/mol. The molecule has 2 rings (SSSR count). The highest BCUT2D eigenvalue weighted by atomic mass is 32.2. The van der Waals surface area contributed by atoms with Crippen LogP contribution >= 0.6 is 0 Å². The number of rotatable bonds is 4. The van der Waals surface area contributed by atoms with Crippen LogP contribution in [-0.4, -0.2) is 55.5 Å². The molecule has 1 aliphatic carbocycles. The highest BCUT2D eigenvalue weighted by molar-refractivity contribution is 7.92. The lowest BCUT2D eigenvalue weighted by atomic mass is 9.90. The molecule has 2 unspecified atom stereocenters. The zero-order valence-corrected chi connectivity index (χ0v) is 13.7. The summed E-state index contributed by atoms with van der Waals surface area (Å²) in [5.74, 6) is 0.767. The summed E-state index contributed by atoms with van der Waals surface area (Å²) in [5, 5.41) is 3.67. The van der Waals surface area contributed by atoms with Crippen molar-refractivity contribution in [1.29, 1.82) is 0 Å². The summed E-state index contributed by atoms with van der Waals surface area (Å²) in [5.41, 5.74) is 0.167. The molecule has 1 aliphatic heterocycles. The van der Waals surface area contributed by atoms with Crippen LogP contribution in [0.4, 0.5) is 0 Å². The van der Waals surface area contributed by atoms with Gasteiger partial charge < -0.3 is 5.32 Å². The summed E-state index contributed by atoms with van der Waals surface area (Å²) >= 11 is 0. The van der Waals surface area contributed by atoms with Crippen LogP contribution < -0.4 is 5.32 Å². The minimum atomic E-state index is -3.03. The standard InChI is InChI=1S/C14H28N2O2S/c1-11-8-15-14(4,12-6-7-12)10-16(11)9-13(2,3)19(5,17)18/h11-12,15H,6-10H2,1-5H3. The molecule has 2 atom stereocenters. The molecule has 0 amide bonds. The number of sulfone groups is 1. The first-order valence-corrected chi connectivity index (χ1v) is 9.13. The Bertz CT molecular complexity index is 442. The van der Waals surface area contributed by atoms with Gasteiger partial charge in [0.2, 0.25) is 0 Å². The molecule has 2 fully saturated rings. The van der Waals surface area contributed by atoms with Crippen molar-refractivity contribution in [1.82, 2.24) is 10.2 Å². The lowest BCUT2D eigenvalue weighted by Gasteiger charge is -2.47. The van der Waals surface area contributed by atoms with Gasteiger partial charge in [-0.2, -0.15) is 0 Å². The lowest BCUT2D eigenvalue weighted by Crippen LogP contribution is -2.65. The molecule has 2 aliphatic rings. The lowest BCUT2D eigenvalue weighted by molar-refractivity contribution is 0.0765. The summed E-state index contributed by atoms with van der Waals surface area (Å²) in [6, 6.07) is 0.396. The van der Waals surface area contributed by atoms with Gasteiger partial charge in [0.25, 0.3) is 0 Å². The molecule has 4 nitrogen and oxygen atoms in total. The van der Waals surface area contributed by atoms with Gasteiger partial charge in [0, 0.05) is 37.5 Å². The summed E-state index contributed by atoms with van der Waals surface area (Å²) < 4.78 is 23.1. The van der Waals surface area contributed by atoms with E-state index in [2.05, 4.69) is 24.1 Å². The van der Waals surface area contributed by atoms with Crippen molar-refractivity contribution in [3.8, 4) is 0 Å². The molecule has 0 radical (unpaired) electrons. The molecule has 1 N–H and O–H groups in total. The third-order valence-electron chi connectivity index (χ3n) is 5.02. The SMILES string of the molecule is CC1CNC(C)(C2CC2)CN1CC(C)(C)S(C)(=O)=O. The third-order valence-corrected chi connectivity index (χ3v) is 7.16. The van der Waals surface area contributed by atoms with Crippen LogP contribution in [0.3, 0.4) is 0 Å². The van der Waals surface area contributed by atoms with Crippen LogP contribution in [-0.2, 0) is 9.84 Å². The number of hydrogen-bond acceptors (Lipinski definition) is 4. The van der Waals surface area contributed by atoms with Crippen LogP contribution in [0.15, 0.2) is 0 Å². The maximum atomic E-state index is 11.9. The van der Waals surface area contributed by atoms with Gasteiger partial charge in [0.1, 0.15) is 0 Å². The number of piperazine rings is 1. The molecule has 5 heteroatoms. The fraction of sp³-hybridized carbons (Fsp3) is 1.00. The Kier molecular flexibility index (Phi) is 3.78. The second kappa shape index (κ2) is 4.71. The zero-order valence-electron chi connectivity index (χ0n) is 12.9. The van der Waals surface area contributed by atoms with Crippen molar-refractivity contribution in [3.63, 3.8) is 0 Å². The summed E-state index contributed by atoms with van der Waals surface area (Å²) in [6.07, 6.45) is 3.96. The Morgan fingerprint density at radius 3 is 2.42 bits per heavy atom. The second-order valence-corrected chi connectivity index (χ2v) is 10.0. The predicted molar refractivity (Wildman–Crippen MR) is 79.1 cm³/mol. The van der Waals surface area contributed by atoms with E-state index in [1.807, 2.05) is 13.8 Å². The van der Waals surface area contributed by atoms with E-state index in [4.69, 9.17) is 0 Å². The van der Waals surface area contributed by atoms with E-state index in [-0.39, 0.29) is 5.54 Å². The first-order valence-electron chi connectivity index (χ1n) is 7.24. The van der Waals surface area contributed by atoms with Crippen LogP contribution in [0.5, 0.6) is 0 Å². The molecule has 19 heavy (non-hydrogen) atoms. The van der Waals surface area contributed by atoms with E-state index >= 15 is 0 Å². The van der Waals surface area contributed by atoms with Crippen LogP contribution in [0.25, 0.3) is 0 Å². The van der Waals surface area contributed by atoms with Crippen molar-refractivity contribution in [2.75, 3.05) is 25.9 Å². The minimum Gasteiger partial charge on any atom is -0.308 e. The Hall–Kier alpha value is -0.130. The van der Waals surface area contributed by atoms with Crippen molar-refractivity contribution in [2.24, 2.45) is 5.92 Å². The first kappa shape index (κ1) is 15.3. The van der Waals surface area contributed by atoms with Gasteiger partial charge in [-0.3, -0.25) is 4.90 Å². The highest BCUT2D eigenvalue weighted by Gasteiger charge is 2.46. The maximum absolute atomic E-state index is 11.9. The van der Waals surface area contributed by atoms with Crippen molar-refractivity contribution in [2.45, 2.75) is 56.9 Å². The van der Waals surface area contributed by atoms with Gasteiger partial charge in [-0.05, 0) is 46.5 Å². The molecule has 1 heterocycles. The molecular formula is C14H28N2O2S. The topological polar surface area (TPSA) is 49.4 Å². The van der Waals surface area contributed by atoms with Crippen molar-refractivity contribution in [3.05, 3.63) is 0 Å².